The lowest BCUT2D eigenvalue weighted by Crippen LogP contribution is -2.44. The normalized spacial score (nSPS) is 10.7. The molecular formula is C43H59ClN2O12. The van der Waals surface area contributed by atoms with Crippen LogP contribution < -0.4 is 20.5 Å². The summed E-state index contributed by atoms with van der Waals surface area (Å²) in [5.41, 5.74) is 6.93. The van der Waals surface area contributed by atoms with Gasteiger partial charge in [-0.15, -0.1) is 24.2 Å². The summed E-state index contributed by atoms with van der Waals surface area (Å²) >= 11 is 0. The van der Waals surface area contributed by atoms with Crippen LogP contribution in [0.4, 0.5) is 4.79 Å². The Balaban J connectivity index is 0. The van der Waals surface area contributed by atoms with Gasteiger partial charge in [0.05, 0.1) is 45.8 Å². The Morgan fingerprint density at radius 3 is 1.50 bits per heavy atom. The minimum absolute atomic E-state index is 0. The van der Waals surface area contributed by atoms with Crippen LogP contribution in [-0.4, -0.2) is 87.3 Å². The van der Waals surface area contributed by atoms with Gasteiger partial charge in [-0.25, -0.2) is 4.79 Å². The van der Waals surface area contributed by atoms with Crippen LogP contribution in [-0.2, 0) is 55.8 Å². The molecule has 58 heavy (non-hydrogen) atoms. The summed E-state index contributed by atoms with van der Waals surface area (Å²) in [5.74, 6) is 11.0. The van der Waals surface area contributed by atoms with Gasteiger partial charge in [0.15, 0.2) is 5.78 Å². The molecule has 1 amide bonds. The number of alkyl carbamates (subject to hydrolysis) is 1. The van der Waals surface area contributed by atoms with Crippen molar-refractivity contribution in [3.8, 4) is 35.2 Å². The van der Waals surface area contributed by atoms with E-state index in [1.54, 1.807) is 53.7 Å². The van der Waals surface area contributed by atoms with E-state index in [1.165, 1.54) is 21.1 Å². The average molecular weight is 831 g/mol. The van der Waals surface area contributed by atoms with E-state index < -0.39 is 35.7 Å². The highest BCUT2D eigenvalue weighted by atomic mass is 35.5. The predicted octanol–water partition coefficient (Wildman–Crippen LogP) is 5.52. The third-order valence-corrected chi connectivity index (χ3v) is 7.16. The zero-order valence-corrected chi connectivity index (χ0v) is 35.8. The predicted molar refractivity (Wildman–Crippen MR) is 221 cm³/mol. The Morgan fingerprint density at radius 1 is 0.707 bits per heavy atom. The molecule has 0 spiro atoms. The van der Waals surface area contributed by atoms with Crippen LogP contribution in [0.1, 0.15) is 85.3 Å². The lowest BCUT2D eigenvalue weighted by atomic mass is 9.99. The summed E-state index contributed by atoms with van der Waals surface area (Å²) in [6.45, 7) is 13.0. The number of nitrogens with one attached hydrogen (secondary N) is 1. The monoisotopic (exact) mass is 830 g/mol. The zero-order valence-electron chi connectivity index (χ0n) is 35.0. The fraction of sp³-hybridized carbons (Fsp3) is 0.488. The van der Waals surface area contributed by atoms with Crippen molar-refractivity contribution in [2.45, 2.75) is 105 Å². The van der Waals surface area contributed by atoms with Gasteiger partial charge in [-0.3, -0.25) is 24.0 Å². The van der Waals surface area contributed by atoms with E-state index in [1.807, 2.05) is 36.4 Å². The van der Waals surface area contributed by atoms with Gasteiger partial charge >= 0.3 is 24.0 Å². The molecule has 0 unspecified atom stereocenters. The first-order valence-corrected chi connectivity index (χ1v) is 18.3. The van der Waals surface area contributed by atoms with Gasteiger partial charge in [0.2, 0.25) is 0 Å². The maximum Gasteiger partial charge on any atom is 0.408 e. The molecule has 320 valence electrons. The van der Waals surface area contributed by atoms with E-state index in [0.717, 1.165) is 16.9 Å². The highest BCUT2D eigenvalue weighted by Gasteiger charge is 2.25. The largest absolute Gasteiger partial charge is 0.481 e. The molecule has 0 saturated heterocycles. The third-order valence-electron chi connectivity index (χ3n) is 7.16. The number of amides is 1. The first-order chi connectivity index (χ1) is 27.0. The molecule has 0 aromatic heterocycles. The number of rotatable bonds is 18. The molecule has 0 aliphatic heterocycles. The van der Waals surface area contributed by atoms with Crippen LogP contribution in [0.2, 0.25) is 0 Å². The van der Waals surface area contributed by atoms with Crippen molar-refractivity contribution < 1.29 is 57.2 Å². The fourth-order valence-corrected chi connectivity index (χ4v) is 4.34. The van der Waals surface area contributed by atoms with Crippen molar-refractivity contribution >= 4 is 48.0 Å². The van der Waals surface area contributed by atoms with Crippen molar-refractivity contribution in [1.82, 2.24) is 5.32 Å². The molecule has 0 radical (unpaired) electrons. The van der Waals surface area contributed by atoms with Gasteiger partial charge in [0.1, 0.15) is 36.1 Å². The Bertz CT molecular complexity index is 1680. The Hall–Kier alpha value is -5.57. The molecule has 0 saturated carbocycles. The molecule has 15 heteroatoms. The lowest BCUT2D eigenvalue weighted by molar-refractivity contribution is -0.142. The number of nitrogens with two attached hydrogens (primary N) is 1. The summed E-state index contributed by atoms with van der Waals surface area (Å²) in [4.78, 5) is 68.7. The number of esters is 3. The maximum absolute atomic E-state index is 12.6. The standard InChI is InChI=1S/C22H29NO6.C17H21NO4.C4H8O2.ClH/c1-6-7-14-28-17-10-8-16(9-11-17)15-18(19(24)12-13-20(25)27-5)23-21(26)29-22(2,3)4;1-3-4-11-22-14-7-5-13(6-8-14)12-15(18)16(19)9-10-17(20)21-2;1-3-6-4(2)5;/h8-11,18H,12-15H2,1-5H3,(H,23,26);5-8,15H,9-12,18H2,1-2H3;3H2,1-2H3;1H/t18-;15-;;/m00../s1. The van der Waals surface area contributed by atoms with Crippen molar-refractivity contribution in [1.29, 1.82) is 0 Å². The van der Waals surface area contributed by atoms with Gasteiger partial charge < -0.3 is 39.5 Å². The molecule has 2 atom stereocenters. The molecule has 0 aliphatic rings. The SMILES string of the molecule is CC#CCOc1ccc(C[C@H](N)C(=O)CCC(=O)OC)cc1.CC#CCOc1ccc(C[C@H](NC(=O)OC(C)(C)C)C(=O)CCC(=O)OC)cc1.CCOC(C)=O.Cl. The number of carbonyl (C=O) groups excluding carboxylic acids is 6. The number of carbonyl (C=O) groups is 6. The molecular weight excluding hydrogens is 772 g/mol. The van der Waals surface area contributed by atoms with E-state index in [4.69, 9.17) is 19.9 Å². The Kier molecular flexibility index (Phi) is 29.6. The Morgan fingerprint density at radius 2 is 1.14 bits per heavy atom. The van der Waals surface area contributed by atoms with Crippen LogP contribution in [0.3, 0.4) is 0 Å². The molecule has 2 aromatic carbocycles. The van der Waals surface area contributed by atoms with Crippen LogP contribution in [0, 0.1) is 23.7 Å². The molecule has 2 rings (SSSR count). The van der Waals surface area contributed by atoms with Crippen LogP contribution >= 0.6 is 12.4 Å². The maximum atomic E-state index is 12.6. The second-order valence-electron chi connectivity index (χ2n) is 12.9. The van der Waals surface area contributed by atoms with Gasteiger partial charge in [0, 0.05) is 19.8 Å². The fourth-order valence-electron chi connectivity index (χ4n) is 4.34. The number of benzene rings is 2. The molecule has 14 nitrogen and oxygen atoms in total. The number of hydrogen-bond acceptors (Lipinski definition) is 13. The number of hydrogen-bond donors (Lipinski definition) is 2. The zero-order chi connectivity index (χ0) is 43.2. The van der Waals surface area contributed by atoms with Gasteiger partial charge in [-0.1, -0.05) is 36.1 Å². The molecule has 2 aromatic rings. The smallest absolute Gasteiger partial charge is 0.408 e. The van der Waals surface area contributed by atoms with Crippen LogP contribution in [0.25, 0.3) is 0 Å². The molecule has 3 N–H and O–H groups in total. The first kappa shape index (κ1) is 54.5. The second-order valence-corrected chi connectivity index (χ2v) is 12.9. The first-order valence-electron chi connectivity index (χ1n) is 18.3. The highest BCUT2D eigenvalue weighted by Crippen LogP contribution is 2.16. The van der Waals surface area contributed by atoms with Gasteiger partial charge in [-0.2, -0.15) is 0 Å². The summed E-state index contributed by atoms with van der Waals surface area (Å²) in [6.07, 6.45) is 0.0754. The summed E-state index contributed by atoms with van der Waals surface area (Å²) in [7, 11) is 2.56. The summed E-state index contributed by atoms with van der Waals surface area (Å²) in [5, 5.41) is 2.61. The number of Topliss-reactive ketones (excluding diaryl/α,β-unsaturated/α-hetero) is 2. The Labute approximate surface area is 349 Å². The van der Waals surface area contributed by atoms with E-state index in [-0.39, 0.29) is 62.0 Å². The van der Waals surface area contributed by atoms with Crippen molar-refractivity contribution in [2.75, 3.05) is 34.0 Å². The van der Waals surface area contributed by atoms with Crippen molar-refractivity contribution in [3.63, 3.8) is 0 Å². The van der Waals surface area contributed by atoms with E-state index in [0.29, 0.717) is 32.0 Å². The van der Waals surface area contributed by atoms with Crippen molar-refractivity contribution in [3.05, 3.63) is 59.7 Å². The number of ether oxygens (including phenoxy) is 6. The third kappa shape index (κ3) is 27.9. The average Bonchev–Trinajstić information content (AvgIpc) is 3.16. The van der Waals surface area contributed by atoms with Gasteiger partial charge in [-0.05, 0) is 89.8 Å². The van der Waals surface area contributed by atoms with E-state index in [9.17, 15) is 28.8 Å². The van der Waals surface area contributed by atoms with Crippen molar-refractivity contribution in [2.24, 2.45) is 5.73 Å². The second kappa shape index (κ2) is 31.5. The molecule has 0 aliphatic carbocycles. The minimum Gasteiger partial charge on any atom is -0.481 e. The van der Waals surface area contributed by atoms with Crippen LogP contribution in [0.5, 0.6) is 11.5 Å². The van der Waals surface area contributed by atoms with E-state index >= 15 is 0 Å². The lowest BCUT2D eigenvalue weighted by Gasteiger charge is -2.23. The topological polar surface area (TPSA) is 196 Å². The quantitative estimate of drug-likeness (QED) is 0.108. The minimum atomic E-state index is -0.827. The number of ketones is 2. The molecule has 0 heterocycles. The number of methoxy groups -OCH3 is 2. The van der Waals surface area contributed by atoms with Crippen LogP contribution in [0.15, 0.2) is 48.5 Å². The molecule has 0 fully saturated rings. The summed E-state index contributed by atoms with van der Waals surface area (Å²) in [6, 6.07) is 13.1. The summed E-state index contributed by atoms with van der Waals surface area (Å²) < 4.78 is 29.6. The van der Waals surface area contributed by atoms with E-state index in [2.05, 4.69) is 43.2 Å². The number of halogens is 1. The van der Waals surface area contributed by atoms with Gasteiger partial charge in [0.25, 0.3) is 0 Å². The molecule has 0 bridgehead atoms. The highest BCUT2D eigenvalue weighted by molar-refractivity contribution is 5.90.